The summed E-state index contributed by atoms with van der Waals surface area (Å²) >= 11 is 0. The van der Waals surface area contributed by atoms with Gasteiger partial charge in [-0.25, -0.2) is 0 Å². The number of rotatable bonds is 6. The summed E-state index contributed by atoms with van der Waals surface area (Å²) in [5.41, 5.74) is 1.11. The molecule has 0 spiro atoms. The lowest BCUT2D eigenvalue weighted by molar-refractivity contribution is -0.0316. The maximum atomic E-state index is 9.80. The van der Waals surface area contributed by atoms with E-state index >= 15 is 0 Å². The maximum absolute atomic E-state index is 9.80. The van der Waals surface area contributed by atoms with Gasteiger partial charge in [-0.3, -0.25) is 4.90 Å². The largest absolute Gasteiger partial charge is 0.504 e. The Hall–Kier alpha value is -1.30. The smallest absolute Gasteiger partial charge is 0.160 e. The summed E-state index contributed by atoms with van der Waals surface area (Å²) in [5.74, 6) is 0.677. The number of hydrogen-bond acceptors (Lipinski definition) is 5. The Morgan fingerprint density at radius 3 is 2.79 bits per heavy atom. The minimum Gasteiger partial charge on any atom is -0.504 e. The van der Waals surface area contributed by atoms with Crippen molar-refractivity contribution in [3.05, 3.63) is 23.8 Å². The molecular weight excluding hydrogens is 306 g/mol. The summed E-state index contributed by atoms with van der Waals surface area (Å²) in [6.07, 6.45) is 6.55. The highest BCUT2D eigenvalue weighted by Gasteiger charge is 2.34. The van der Waals surface area contributed by atoms with Gasteiger partial charge in [0.1, 0.15) is 0 Å². The SMILES string of the molecule is COc1cc(CCOC2CCCC[C@H]2N2CCC(O)C2)ccc1O. The summed E-state index contributed by atoms with van der Waals surface area (Å²) in [6.45, 7) is 2.45. The van der Waals surface area contributed by atoms with Crippen molar-refractivity contribution in [2.75, 3.05) is 26.8 Å². The number of aliphatic hydroxyl groups excluding tert-OH is 1. The number of nitrogens with zero attached hydrogens (tertiary/aromatic N) is 1. The third kappa shape index (κ3) is 4.21. The van der Waals surface area contributed by atoms with Gasteiger partial charge >= 0.3 is 0 Å². The minimum atomic E-state index is -0.169. The van der Waals surface area contributed by atoms with E-state index in [1.54, 1.807) is 13.2 Å². The van der Waals surface area contributed by atoms with Gasteiger partial charge < -0.3 is 19.7 Å². The summed E-state index contributed by atoms with van der Waals surface area (Å²) in [7, 11) is 1.56. The van der Waals surface area contributed by atoms with Crippen LogP contribution in [-0.2, 0) is 11.2 Å². The molecule has 1 aromatic carbocycles. The van der Waals surface area contributed by atoms with Crippen molar-refractivity contribution >= 4 is 0 Å². The predicted molar refractivity (Wildman–Crippen MR) is 92.6 cm³/mol. The van der Waals surface area contributed by atoms with Crippen LogP contribution in [0.25, 0.3) is 0 Å². The first kappa shape index (κ1) is 17.5. The van der Waals surface area contributed by atoms with Crippen LogP contribution in [0, 0.1) is 0 Å². The first-order chi connectivity index (χ1) is 11.7. The van der Waals surface area contributed by atoms with Gasteiger partial charge in [0.25, 0.3) is 0 Å². The van der Waals surface area contributed by atoms with E-state index in [1.807, 2.05) is 12.1 Å². The van der Waals surface area contributed by atoms with Crippen LogP contribution < -0.4 is 4.74 Å². The molecule has 0 bridgehead atoms. The molecular formula is C19H29NO4. The fraction of sp³-hybridized carbons (Fsp3) is 0.684. The third-order valence-electron chi connectivity index (χ3n) is 5.30. The Bertz CT molecular complexity index is 536. The highest BCUT2D eigenvalue weighted by Crippen LogP contribution is 2.29. The highest BCUT2D eigenvalue weighted by atomic mass is 16.5. The van der Waals surface area contributed by atoms with E-state index in [2.05, 4.69) is 4.90 Å². The molecule has 0 radical (unpaired) electrons. The Morgan fingerprint density at radius 1 is 1.21 bits per heavy atom. The number of ether oxygens (including phenoxy) is 2. The molecule has 134 valence electrons. The number of likely N-dealkylation sites (tertiary alicyclic amines) is 1. The van der Waals surface area contributed by atoms with E-state index in [-0.39, 0.29) is 18.0 Å². The van der Waals surface area contributed by atoms with Gasteiger partial charge in [0, 0.05) is 19.1 Å². The second-order valence-corrected chi connectivity index (χ2v) is 6.95. The fourth-order valence-corrected chi connectivity index (χ4v) is 3.96. The summed E-state index contributed by atoms with van der Waals surface area (Å²) in [4.78, 5) is 2.41. The van der Waals surface area contributed by atoms with E-state index < -0.39 is 0 Å². The van der Waals surface area contributed by atoms with Crippen molar-refractivity contribution in [2.24, 2.45) is 0 Å². The number of methoxy groups -OCH3 is 1. The van der Waals surface area contributed by atoms with Crippen LogP contribution >= 0.6 is 0 Å². The molecule has 24 heavy (non-hydrogen) atoms. The van der Waals surface area contributed by atoms with Crippen LogP contribution in [0.3, 0.4) is 0 Å². The van der Waals surface area contributed by atoms with Crippen molar-refractivity contribution in [3.8, 4) is 11.5 Å². The Balaban J connectivity index is 1.52. The molecule has 0 amide bonds. The van der Waals surface area contributed by atoms with Crippen molar-refractivity contribution in [3.63, 3.8) is 0 Å². The molecule has 1 saturated carbocycles. The zero-order valence-electron chi connectivity index (χ0n) is 14.5. The summed E-state index contributed by atoms with van der Waals surface area (Å²) in [5, 5.41) is 19.5. The molecule has 5 nitrogen and oxygen atoms in total. The number of aromatic hydroxyl groups is 1. The normalized spacial score (nSPS) is 28.2. The van der Waals surface area contributed by atoms with Crippen LogP contribution in [0.5, 0.6) is 11.5 Å². The monoisotopic (exact) mass is 335 g/mol. The van der Waals surface area contributed by atoms with Crippen LogP contribution in [0.15, 0.2) is 18.2 Å². The molecule has 1 aliphatic carbocycles. The number of phenolic OH excluding ortho intramolecular Hbond substituents is 1. The van der Waals surface area contributed by atoms with E-state index in [0.717, 1.165) is 37.9 Å². The first-order valence-electron chi connectivity index (χ1n) is 9.07. The fourth-order valence-electron chi connectivity index (χ4n) is 3.96. The van der Waals surface area contributed by atoms with Crippen molar-refractivity contribution in [1.82, 2.24) is 4.90 Å². The molecule has 2 aliphatic rings. The highest BCUT2D eigenvalue weighted by molar-refractivity contribution is 5.41. The topological polar surface area (TPSA) is 62.2 Å². The second-order valence-electron chi connectivity index (χ2n) is 6.95. The molecule has 2 N–H and O–H groups in total. The molecule has 1 saturated heterocycles. The van der Waals surface area contributed by atoms with Gasteiger partial charge in [-0.15, -0.1) is 0 Å². The molecule has 1 aromatic rings. The minimum absolute atomic E-state index is 0.169. The van der Waals surface area contributed by atoms with Gasteiger partial charge in [0.15, 0.2) is 11.5 Å². The quantitative estimate of drug-likeness (QED) is 0.835. The molecule has 1 aliphatic heterocycles. The molecule has 2 unspecified atom stereocenters. The van der Waals surface area contributed by atoms with Crippen LogP contribution in [0.2, 0.25) is 0 Å². The van der Waals surface area contributed by atoms with Gasteiger partial charge in [0.05, 0.1) is 25.9 Å². The van der Waals surface area contributed by atoms with Crippen LogP contribution in [-0.4, -0.2) is 60.2 Å². The number of β-amino-alcohol motifs (C(OH)–C–C–N with tert-alkyl or cyclic N) is 1. The molecule has 2 fully saturated rings. The number of benzene rings is 1. The first-order valence-corrected chi connectivity index (χ1v) is 9.07. The Morgan fingerprint density at radius 2 is 2.04 bits per heavy atom. The van der Waals surface area contributed by atoms with Gasteiger partial charge in [-0.2, -0.15) is 0 Å². The van der Waals surface area contributed by atoms with Gasteiger partial charge in [0.2, 0.25) is 0 Å². The van der Waals surface area contributed by atoms with E-state index in [1.165, 1.54) is 19.3 Å². The standard InChI is InChI=1S/C19H29NO4/c1-23-19-12-14(6-7-17(19)22)9-11-24-18-5-3-2-4-16(18)20-10-8-15(21)13-20/h6-7,12,15-16,18,21-22H,2-5,8-11,13H2,1H3/t15?,16-,18?/m1/s1. The number of hydrogen-bond donors (Lipinski definition) is 2. The lowest BCUT2D eigenvalue weighted by Crippen LogP contribution is -2.46. The Kier molecular flexibility index (Phi) is 5.98. The van der Waals surface area contributed by atoms with E-state index in [0.29, 0.717) is 18.4 Å². The van der Waals surface area contributed by atoms with Crippen LogP contribution in [0.4, 0.5) is 0 Å². The molecule has 3 atom stereocenters. The molecule has 3 rings (SSSR count). The number of aliphatic hydroxyl groups is 1. The zero-order chi connectivity index (χ0) is 16.9. The van der Waals surface area contributed by atoms with Gasteiger partial charge in [-0.1, -0.05) is 18.9 Å². The zero-order valence-corrected chi connectivity index (χ0v) is 14.5. The van der Waals surface area contributed by atoms with E-state index in [9.17, 15) is 10.2 Å². The van der Waals surface area contributed by atoms with Gasteiger partial charge in [-0.05, 0) is 43.4 Å². The lowest BCUT2D eigenvalue weighted by atomic mass is 9.91. The van der Waals surface area contributed by atoms with Crippen LogP contribution in [0.1, 0.15) is 37.7 Å². The molecule has 1 heterocycles. The average Bonchev–Trinajstić information content (AvgIpc) is 3.03. The van der Waals surface area contributed by atoms with Crippen molar-refractivity contribution < 1.29 is 19.7 Å². The third-order valence-corrected chi connectivity index (χ3v) is 5.30. The maximum Gasteiger partial charge on any atom is 0.160 e. The molecule has 0 aromatic heterocycles. The summed E-state index contributed by atoms with van der Waals surface area (Å²) in [6, 6.07) is 5.90. The average molecular weight is 335 g/mol. The predicted octanol–water partition coefficient (Wildman–Crippen LogP) is 2.34. The Labute approximate surface area is 144 Å². The lowest BCUT2D eigenvalue weighted by Gasteiger charge is -2.37. The molecule has 5 heteroatoms. The van der Waals surface area contributed by atoms with Crippen molar-refractivity contribution in [1.29, 1.82) is 0 Å². The van der Waals surface area contributed by atoms with E-state index in [4.69, 9.17) is 9.47 Å². The number of phenols is 1. The van der Waals surface area contributed by atoms with Crippen molar-refractivity contribution in [2.45, 2.75) is 56.8 Å². The second kappa shape index (κ2) is 8.19. The summed E-state index contributed by atoms with van der Waals surface area (Å²) < 4.78 is 11.4.